The minimum absolute atomic E-state index is 0.0923. The van der Waals surface area contributed by atoms with Gasteiger partial charge in [0, 0.05) is 21.0 Å². The van der Waals surface area contributed by atoms with Crippen LogP contribution in [-0.2, 0) is 11.0 Å². The molecule has 0 aliphatic heterocycles. The van der Waals surface area contributed by atoms with Crippen LogP contribution in [0, 0.1) is 20.8 Å². The van der Waals surface area contributed by atoms with E-state index < -0.39 is 15.7 Å². The van der Waals surface area contributed by atoms with E-state index >= 15 is 0 Å². The number of carbonyl (C=O) groups is 1. The quantitative estimate of drug-likeness (QED) is 0.339. The molecule has 3 rings (SSSR count). The maximum absolute atomic E-state index is 13.4. The van der Waals surface area contributed by atoms with Crippen molar-refractivity contribution in [2.75, 3.05) is 0 Å². The first-order chi connectivity index (χ1) is 14.0. The van der Waals surface area contributed by atoms with E-state index in [0.717, 1.165) is 15.3 Å². The Labute approximate surface area is 187 Å². The van der Waals surface area contributed by atoms with Crippen molar-refractivity contribution in [3.63, 3.8) is 0 Å². The molecule has 1 atom stereocenters. The Morgan fingerprint density at radius 1 is 1.20 bits per heavy atom. The zero-order valence-electron chi connectivity index (χ0n) is 17.7. The summed E-state index contributed by atoms with van der Waals surface area (Å²) in [5, 5.41) is 4.64. The fourth-order valence-electron chi connectivity index (χ4n) is 2.83. The van der Waals surface area contributed by atoms with Crippen LogP contribution in [-0.4, -0.2) is 26.1 Å². The van der Waals surface area contributed by atoms with Crippen molar-refractivity contribution in [2.24, 2.45) is 4.40 Å². The minimum atomic E-state index is -1.43. The van der Waals surface area contributed by atoms with Crippen LogP contribution in [0.1, 0.15) is 58.6 Å². The second-order valence-corrected chi connectivity index (χ2v) is 11.5. The summed E-state index contributed by atoms with van der Waals surface area (Å²) in [4.78, 5) is 15.2. The van der Waals surface area contributed by atoms with Crippen LogP contribution >= 0.6 is 22.9 Å². The molecule has 0 saturated carbocycles. The lowest BCUT2D eigenvalue weighted by molar-refractivity contribution is 0.103. The van der Waals surface area contributed by atoms with Crippen molar-refractivity contribution in [2.45, 2.75) is 46.3 Å². The van der Waals surface area contributed by atoms with Gasteiger partial charge < -0.3 is 4.52 Å². The van der Waals surface area contributed by atoms with E-state index in [1.807, 2.05) is 41.5 Å². The number of aryl methyl sites for hydroxylation is 2. The summed E-state index contributed by atoms with van der Waals surface area (Å²) in [5.74, 6) is 0.293. The highest BCUT2D eigenvalue weighted by atomic mass is 35.5. The highest BCUT2D eigenvalue weighted by Crippen LogP contribution is 2.40. The highest BCUT2D eigenvalue weighted by molar-refractivity contribution is 7.85. The molecular formula is C22H23ClN2O3S2. The lowest BCUT2D eigenvalue weighted by Gasteiger charge is -2.12. The van der Waals surface area contributed by atoms with Crippen molar-refractivity contribution in [3.8, 4) is 10.4 Å². The molecule has 1 aromatic carbocycles. The second kappa shape index (κ2) is 8.57. The Bertz CT molecular complexity index is 1150. The lowest BCUT2D eigenvalue weighted by atomic mass is 9.96. The molecule has 3 aromatic rings. The summed E-state index contributed by atoms with van der Waals surface area (Å²) in [6.45, 7) is 11.3. The van der Waals surface area contributed by atoms with Gasteiger partial charge in [-0.25, -0.2) is 4.21 Å². The van der Waals surface area contributed by atoms with Crippen LogP contribution in [0.3, 0.4) is 0 Å². The average molecular weight is 463 g/mol. The van der Waals surface area contributed by atoms with Crippen LogP contribution in [0.5, 0.6) is 0 Å². The smallest absolute Gasteiger partial charge is 0.194 e. The predicted molar refractivity (Wildman–Crippen MR) is 124 cm³/mol. The van der Waals surface area contributed by atoms with Crippen LogP contribution in [0.4, 0.5) is 0 Å². The first-order valence-electron chi connectivity index (χ1n) is 9.33. The fourth-order valence-corrected chi connectivity index (χ4v) is 4.72. The maximum atomic E-state index is 13.4. The highest BCUT2D eigenvalue weighted by Gasteiger charge is 2.27. The maximum Gasteiger partial charge on any atom is 0.194 e. The molecule has 5 nitrogen and oxygen atoms in total. The second-order valence-electron chi connectivity index (χ2n) is 7.93. The molecule has 2 aromatic heterocycles. The Kier molecular flexibility index (Phi) is 6.45. The molecule has 8 heteroatoms. The molecular weight excluding hydrogens is 440 g/mol. The summed E-state index contributed by atoms with van der Waals surface area (Å²) >= 11 is 7.48. The number of aromatic nitrogens is 1. The van der Waals surface area contributed by atoms with E-state index in [1.54, 1.807) is 24.3 Å². The number of benzene rings is 1. The molecule has 0 N–H and O–H groups in total. The van der Waals surface area contributed by atoms with Gasteiger partial charge in [-0.3, -0.25) is 4.79 Å². The molecule has 0 aliphatic carbocycles. The van der Waals surface area contributed by atoms with E-state index in [2.05, 4.69) is 9.55 Å². The van der Waals surface area contributed by atoms with E-state index in [0.29, 0.717) is 33.2 Å². The summed E-state index contributed by atoms with van der Waals surface area (Å²) in [6.07, 6.45) is 1.44. The van der Waals surface area contributed by atoms with Gasteiger partial charge in [0.2, 0.25) is 0 Å². The Balaban J connectivity index is 2.12. The summed E-state index contributed by atoms with van der Waals surface area (Å²) in [6, 6.07) is 6.84. The van der Waals surface area contributed by atoms with Gasteiger partial charge in [-0.15, -0.1) is 11.3 Å². The fraction of sp³-hybridized carbons (Fsp3) is 0.318. The Morgan fingerprint density at radius 2 is 1.83 bits per heavy atom. The normalized spacial score (nSPS) is 13.2. The van der Waals surface area contributed by atoms with Crippen molar-refractivity contribution in [1.29, 1.82) is 0 Å². The topological polar surface area (TPSA) is 72.5 Å². The van der Waals surface area contributed by atoms with Crippen LogP contribution in [0.15, 0.2) is 33.2 Å². The molecule has 0 fully saturated rings. The van der Waals surface area contributed by atoms with Gasteiger partial charge in [0.05, 0.1) is 27.1 Å². The molecule has 158 valence electrons. The molecule has 0 radical (unpaired) electrons. The SMILES string of the molecule is Cc1noc(C=N[S@@](=O)C(C)(C)C)c1-c1sc(C)c(C)c1C(=O)c1ccc(Cl)cc1. The minimum Gasteiger partial charge on any atom is -0.354 e. The molecule has 2 heterocycles. The number of rotatable bonds is 5. The number of ketones is 1. The average Bonchev–Trinajstić information content (AvgIpc) is 3.18. The van der Waals surface area contributed by atoms with E-state index in [-0.39, 0.29) is 5.78 Å². The molecule has 0 bridgehead atoms. The van der Waals surface area contributed by atoms with Gasteiger partial charge in [-0.1, -0.05) is 16.8 Å². The van der Waals surface area contributed by atoms with E-state index in [9.17, 15) is 9.00 Å². The first-order valence-corrected chi connectivity index (χ1v) is 11.6. The van der Waals surface area contributed by atoms with Crippen LogP contribution in [0.2, 0.25) is 5.02 Å². The van der Waals surface area contributed by atoms with Gasteiger partial charge in [-0.05, 0) is 71.4 Å². The third-order valence-corrected chi connectivity index (χ3v) is 7.45. The van der Waals surface area contributed by atoms with Crippen LogP contribution in [0.25, 0.3) is 10.4 Å². The van der Waals surface area contributed by atoms with Gasteiger partial charge in [0.25, 0.3) is 0 Å². The molecule has 0 saturated heterocycles. The predicted octanol–water partition coefficient (Wildman–Crippen LogP) is 6.09. The number of hydrogen-bond donors (Lipinski definition) is 0. The molecule has 30 heavy (non-hydrogen) atoms. The Morgan fingerprint density at radius 3 is 2.43 bits per heavy atom. The molecule has 0 aliphatic rings. The largest absolute Gasteiger partial charge is 0.354 e. The number of halogens is 1. The van der Waals surface area contributed by atoms with Crippen molar-refractivity contribution < 1.29 is 13.5 Å². The van der Waals surface area contributed by atoms with E-state index in [4.69, 9.17) is 16.1 Å². The van der Waals surface area contributed by atoms with E-state index in [1.165, 1.54) is 17.6 Å². The van der Waals surface area contributed by atoms with Gasteiger partial charge in [0.1, 0.15) is 11.0 Å². The third kappa shape index (κ3) is 4.48. The van der Waals surface area contributed by atoms with Crippen molar-refractivity contribution in [3.05, 3.63) is 62.3 Å². The summed E-state index contributed by atoms with van der Waals surface area (Å²) in [7, 11) is -1.43. The summed E-state index contributed by atoms with van der Waals surface area (Å²) in [5.41, 5.74) is 3.42. The number of thiophene rings is 1. The standard InChI is InChI=1S/C22H23ClN2O3S2/c1-12-14(3)29-21(18(12)20(26)15-7-9-16(23)10-8-15)19-13(2)25-28-17(19)11-24-30(27)22(4,5)6/h7-11H,1-6H3/t30-/m0/s1. The van der Waals surface area contributed by atoms with Gasteiger partial charge in [0.15, 0.2) is 11.5 Å². The van der Waals surface area contributed by atoms with Crippen LogP contribution < -0.4 is 0 Å². The molecule has 0 spiro atoms. The van der Waals surface area contributed by atoms with Crippen molar-refractivity contribution in [1.82, 2.24) is 5.16 Å². The monoisotopic (exact) mass is 462 g/mol. The summed E-state index contributed by atoms with van der Waals surface area (Å²) < 4.78 is 21.5. The number of hydrogen-bond acceptors (Lipinski definition) is 5. The van der Waals surface area contributed by atoms with Crippen molar-refractivity contribution >= 4 is 45.9 Å². The number of carbonyl (C=O) groups excluding carboxylic acids is 1. The first kappa shape index (κ1) is 22.6. The zero-order chi connectivity index (χ0) is 22.2. The Hall–Kier alpha value is -2.09. The zero-order valence-corrected chi connectivity index (χ0v) is 20.1. The van der Waals surface area contributed by atoms with Gasteiger partial charge in [-0.2, -0.15) is 4.40 Å². The number of nitrogens with zero attached hydrogens (tertiary/aromatic N) is 2. The lowest BCUT2D eigenvalue weighted by Crippen LogP contribution is -2.19. The molecule has 0 amide bonds. The van der Waals surface area contributed by atoms with Gasteiger partial charge >= 0.3 is 0 Å². The third-order valence-electron chi connectivity index (χ3n) is 4.62. The molecule has 0 unspecified atom stereocenters.